The van der Waals surface area contributed by atoms with Crippen molar-refractivity contribution in [1.29, 1.82) is 0 Å². The van der Waals surface area contributed by atoms with E-state index in [1.54, 1.807) is 0 Å². The highest BCUT2D eigenvalue weighted by Gasteiger charge is 2.39. The average molecular weight is 157 g/mol. The predicted molar refractivity (Wildman–Crippen MR) is 33.5 cm³/mol. The molecule has 5 heteroatoms. The highest BCUT2D eigenvalue weighted by Crippen LogP contribution is 2.06. The SMILES string of the molecule is COC(=O)[C@@H]1C(=O)CNC1=O. The summed E-state index contributed by atoms with van der Waals surface area (Å²) in [6.45, 7) is -0.0708. The molecule has 0 radical (unpaired) electrons. The standard InChI is InChI=1S/C6H7NO4/c1-11-6(10)4-3(8)2-7-5(4)9/h4H,2H2,1H3,(H,7,9)/t4-/m1/s1. The van der Waals surface area contributed by atoms with E-state index in [2.05, 4.69) is 10.1 Å². The number of carbonyl (C=O) groups is 3. The van der Waals surface area contributed by atoms with Gasteiger partial charge in [0.1, 0.15) is 0 Å². The summed E-state index contributed by atoms with van der Waals surface area (Å²) in [5.41, 5.74) is 0. The molecular formula is C6H7NO4. The van der Waals surface area contributed by atoms with Crippen LogP contribution in [0, 0.1) is 5.92 Å². The molecule has 1 rings (SSSR count). The molecule has 1 saturated heterocycles. The summed E-state index contributed by atoms with van der Waals surface area (Å²) < 4.78 is 4.25. The van der Waals surface area contributed by atoms with Crippen molar-refractivity contribution in [3.63, 3.8) is 0 Å². The lowest BCUT2D eigenvalue weighted by Gasteiger charge is -2.00. The van der Waals surface area contributed by atoms with Gasteiger partial charge in [-0.15, -0.1) is 0 Å². The normalized spacial score (nSPS) is 23.2. The Morgan fingerprint density at radius 3 is 2.64 bits per heavy atom. The summed E-state index contributed by atoms with van der Waals surface area (Å²) >= 11 is 0. The van der Waals surface area contributed by atoms with Gasteiger partial charge in [0.25, 0.3) is 0 Å². The number of ketones is 1. The topological polar surface area (TPSA) is 72.5 Å². The number of nitrogens with one attached hydrogen (secondary N) is 1. The van der Waals surface area contributed by atoms with Crippen molar-refractivity contribution in [1.82, 2.24) is 5.32 Å². The molecule has 0 unspecified atom stereocenters. The summed E-state index contributed by atoms with van der Waals surface area (Å²) in [7, 11) is 1.14. The van der Waals surface area contributed by atoms with Crippen molar-refractivity contribution in [2.45, 2.75) is 0 Å². The molecule has 1 amide bonds. The first kappa shape index (κ1) is 7.71. The quantitative estimate of drug-likeness (QED) is 0.370. The molecular weight excluding hydrogens is 150 g/mol. The van der Waals surface area contributed by atoms with Crippen molar-refractivity contribution >= 4 is 17.7 Å². The maximum atomic E-state index is 10.8. The van der Waals surface area contributed by atoms with Gasteiger partial charge in [-0.25, -0.2) is 0 Å². The van der Waals surface area contributed by atoms with Gasteiger partial charge in [0.15, 0.2) is 11.7 Å². The van der Waals surface area contributed by atoms with Gasteiger partial charge in [0.2, 0.25) is 5.91 Å². The van der Waals surface area contributed by atoms with E-state index in [9.17, 15) is 14.4 Å². The second-order valence-corrected chi connectivity index (χ2v) is 2.14. The van der Waals surface area contributed by atoms with Crippen LogP contribution in [-0.4, -0.2) is 31.3 Å². The smallest absolute Gasteiger partial charge is 0.325 e. The third-order valence-electron chi connectivity index (χ3n) is 1.46. The summed E-state index contributed by atoms with van der Waals surface area (Å²) in [5, 5.41) is 2.25. The molecule has 11 heavy (non-hydrogen) atoms. The number of amides is 1. The summed E-state index contributed by atoms with van der Waals surface area (Å²) in [5.74, 6) is -3.02. The molecule has 0 aromatic heterocycles. The van der Waals surface area contributed by atoms with Crippen LogP contribution >= 0.6 is 0 Å². The van der Waals surface area contributed by atoms with E-state index >= 15 is 0 Å². The Morgan fingerprint density at radius 1 is 1.64 bits per heavy atom. The molecule has 1 N–H and O–H groups in total. The molecule has 0 aromatic rings. The molecule has 0 saturated carbocycles. The van der Waals surface area contributed by atoms with Crippen molar-refractivity contribution in [3.8, 4) is 0 Å². The second kappa shape index (κ2) is 2.69. The van der Waals surface area contributed by atoms with Gasteiger partial charge < -0.3 is 10.1 Å². The maximum Gasteiger partial charge on any atom is 0.325 e. The van der Waals surface area contributed by atoms with Gasteiger partial charge in [-0.05, 0) is 0 Å². The number of hydrogen-bond acceptors (Lipinski definition) is 4. The van der Waals surface area contributed by atoms with E-state index in [0.29, 0.717) is 0 Å². The van der Waals surface area contributed by atoms with E-state index < -0.39 is 23.6 Å². The van der Waals surface area contributed by atoms with Crippen molar-refractivity contribution in [2.75, 3.05) is 13.7 Å². The minimum absolute atomic E-state index is 0.0708. The summed E-state index contributed by atoms with van der Waals surface area (Å²) in [4.78, 5) is 32.3. The van der Waals surface area contributed by atoms with Gasteiger partial charge >= 0.3 is 5.97 Å². The van der Waals surface area contributed by atoms with Crippen LogP contribution in [0.25, 0.3) is 0 Å². The van der Waals surface area contributed by atoms with Crippen LogP contribution in [-0.2, 0) is 19.1 Å². The molecule has 1 fully saturated rings. The lowest BCUT2D eigenvalue weighted by atomic mass is 10.1. The molecule has 1 aliphatic heterocycles. The van der Waals surface area contributed by atoms with Crippen LogP contribution in [0.1, 0.15) is 0 Å². The fraction of sp³-hybridized carbons (Fsp3) is 0.500. The zero-order chi connectivity index (χ0) is 8.43. The van der Waals surface area contributed by atoms with E-state index in [1.807, 2.05) is 0 Å². The van der Waals surface area contributed by atoms with Crippen molar-refractivity contribution < 1.29 is 19.1 Å². The number of carbonyl (C=O) groups excluding carboxylic acids is 3. The largest absolute Gasteiger partial charge is 0.468 e. The molecule has 0 spiro atoms. The first-order valence-corrected chi connectivity index (χ1v) is 3.05. The van der Waals surface area contributed by atoms with Gasteiger partial charge in [-0.3, -0.25) is 14.4 Å². The van der Waals surface area contributed by atoms with Crippen molar-refractivity contribution in [3.05, 3.63) is 0 Å². The van der Waals surface area contributed by atoms with Gasteiger partial charge in [-0.1, -0.05) is 0 Å². The van der Waals surface area contributed by atoms with E-state index in [-0.39, 0.29) is 6.54 Å². The monoisotopic (exact) mass is 157 g/mol. The Hall–Kier alpha value is -1.39. The lowest BCUT2D eigenvalue weighted by Crippen LogP contribution is -2.28. The number of Topliss-reactive ketones (excluding diaryl/α,β-unsaturated/α-hetero) is 1. The summed E-state index contributed by atoms with van der Waals surface area (Å²) in [6, 6.07) is 0. The number of methoxy groups -OCH3 is 1. The van der Waals surface area contributed by atoms with E-state index in [1.165, 1.54) is 0 Å². The molecule has 5 nitrogen and oxygen atoms in total. The van der Waals surface area contributed by atoms with Crippen LogP contribution in [0.2, 0.25) is 0 Å². The van der Waals surface area contributed by atoms with Crippen LogP contribution in [0.5, 0.6) is 0 Å². The number of rotatable bonds is 1. The molecule has 1 heterocycles. The van der Waals surface area contributed by atoms with E-state index in [0.717, 1.165) is 7.11 Å². The number of ether oxygens (including phenoxy) is 1. The summed E-state index contributed by atoms with van der Waals surface area (Å²) in [6.07, 6.45) is 0. The van der Waals surface area contributed by atoms with Gasteiger partial charge in [0.05, 0.1) is 13.7 Å². The van der Waals surface area contributed by atoms with Crippen LogP contribution in [0.3, 0.4) is 0 Å². The van der Waals surface area contributed by atoms with E-state index in [4.69, 9.17) is 0 Å². The van der Waals surface area contributed by atoms with Gasteiger partial charge in [0, 0.05) is 0 Å². The highest BCUT2D eigenvalue weighted by molar-refractivity contribution is 6.21. The van der Waals surface area contributed by atoms with Crippen LogP contribution in [0.15, 0.2) is 0 Å². The minimum Gasteiger partial charge on any atom is -0.468 e. The zero-order valence-corrected chi connectivity index (χ0v) is 5.92. The molecule has 0 aromatic carbocycles. The fourth-order valence-electron chi connectivity index (χ4n) is 0.881. The van der Waals surface area contributed by atoms with Crippen molar-refractivity contribution in [2.24, 2.45) is 5.92 Å². The maximum absolute atomic E-state index is 10.8. The number of esters is 1. The molecule has 1 aliphatic rings. The third kappa shape index (κ3) is 1.21. The second-order valence-electron chi connectivity index (χ2n) is 2.14. The average Bonchev–Trinajstić information content (AvgIpc) is 2.30. The lowest BCUT2D eigenvalue weighted by molar-refractivity contribution is -0.150. The minimum atomic E-state index is -1.24. The molecule has 0 bridgehead atoms. The Bertz CT molecular complexity index is 207. The Kier molecular flexibility index (Phi) is 1.89. The Balaban J connectivity index is 2.76. The number of hydrogen-bond donors (Lipinski definition) is 1. The molecule has 60 valence electrons. The Labute approximate surface area is 62.7 Å². The Morgan fingerprint density at radius 2 is 2.27 bits per heavy atom. The highest BCUT2D eigenvalue weighted by atomic mass is 16.5. The molecule has 1 atom stereocenters. The third-order valence-corrected chi connectivity index (χ3v) is 1.46. The fourth-order valence-corrected chi connectivity index (χ4v) is 0.881. The van der Waals surface area contributed by atoms with Crippen LogP contribution in [0.4, 0.5) is 0 Å². The zero-order valence-electron chi connectivity index (χ0n) is 5.92. The van der Waals surface area contributed by atoms with Crippen LogP contribution < -0.4 is 5.32 Å². The first-order valence-electron chi connectivity index (χ1n) is 3.05. The molecule has 0 aliphatic carbocycles. The van der Waals surface area contributed by atoms with Gasteiger partial charge in [-0.2, -0.15) is 0 Å². The first-order chi connectivity index (χ1) is 5.16. The predicted octanol–water partition coefficient (Wildman–Crippen LogP) is -1.53.